The van der Waals surface area contributed by atoms with E-state index < -0.39 is 13.3 Å². The summed E-state index contributed by atoms with van der Waals surface area (Å²) in [5.74, 6) is 7.79. The Morgan fingerprint density at radius 1 is 0.875 bits per heavy atom. The third-order valence-corrected chi connectivity index (χ3v) is 13.3. The Balaban J connectivity index is 0.000000189. The maximum absolute atomic E-state index is 14.0. The maximum atomic E-state index is 14.0. The number of pyridine rings is 2. The summed E-state index contributed by atoms with van der Waals surface area (Å²) in [5.41, 5.74) is 8.01. The fourth-order valence-electron chi connectivity index (χ4n) is 6.74. The molecule has 251 valence electrons. The molecule has 3 heterocycles. The first-order valence-electron chi connectivity index (χ1n) is 16.9. The molecule has 1 radical (unpaired) electrons. The Labute approximate surface area is 301 Å². The molecule has 1 aliphatic rings. The summed E-state index contributed by atoms with van der Waals surface area (Å²) in [6.07, 6.45) is 11.6. The molecule has 0 unspecified atom stereocenters. The minimum Gasteiger partial charge on any atom is -0.497 e. The molecular formula is C42H45FGeIrN2O-2. The molecular weight excluding hydrogens is 832 g/mol. The number of fused-ring (bicyclic) bond motifs is 3. The van der Waals surface area contributed by atoms with Gasteiger partial charge in [-0.2, -0.15) is 0 Å². The van der Waals surface area contributed by atoms with E-state index in [2.05, 4.69) is 85.6 Å². The van der Waals surface area contributed by atoms with Crippen molar-refractivity contribution in [3.63, 3.8) is 0 Å². The number of furan rings is 1. The van der Waals surface area contributed by atoms with E-state index in [-0.39, 0.29) is 25.9 Å². The molecule has 0 atom stereocenters. The molecule has 0 N–H and O–H groups in total. The van der Waals surface area contributed by atoms with Crippen molar-refractivity contribution < 1.29 is 28.9 Å². The first kappa shape index (κ1) is 36.2. The second kappa shape index (κ2) is 15.2. The molecule has 0 spiro atoms. The third kappa shape index (κ3) is 8.72. The molecule has 1 fully saturated rings. The van der Waals surface area contributed by atoms with Gasteiger partial charge in [-0.15, -0.1) is 23.8 Å². The average molecular weight is 878 g/mol. The van der Waals surface area contributed by atoms with Crippen molar-refractivity contribution in [1.29, 1.82) is 0 Å². The molecule has 0 bridgehead atoms. The van der Waals surface area contributed by atoms with E-state index in [0.29, 0.717) is 16.6 Å². The normalized spacial score (nSPS) is 13.7. The largest absolute Gasteiger partial charge is 0.497 e. The molecule has 7 rings (SSSR count). The second-order valence-corrected chi connectivity index (χ2v) is 25.8. The van der Waals surface area contributed by atoms with Gasteiger partial charge in [-0.25, -0.2) is 4.39 Å². The van der Waals surface area contributed by atoms with Crippen molar-refractivity contribution in [2.75, 3.05) is 0 Å². The first-order chi connectivity index (χ1) is 22.4. The quantitative estimate of drug-likeness (QED) is 0.124. The minimum atomic E-state index is -1.90. The Bertz CT molecular complexity index is 1990. The molecule has 0 aliphatic heterocycles. The van der Waals surface area contributed by atoms with Gasteiger partial charge in [-0.1, -0.05) is 54.8 Å². The van der Waals surface area contributed by atoms with Crippen LogP contribution >= 0.6 is 0 Å². The molecule has 48 heavy (non-hydrogen) atoms. The number of halogens is 1. The van der Waals surface area contributed by atoms with E-state index in [1.165, 1.54) is 47.3 Å². The molecule has 1 aliphatic carbocycles. The van der Waals surface area contributed by atoms with E-state index in [0.717, 1.165) is 52.0 Å². The Morgan fingerprint density at radius 2 is 1.65 bits per heavy atom. The van der Waals surface area contributed by atoms with Crippen molar-refractivity contribution >= 4 is 39.6 Å². The Hall–Kier alpha value is -3.12. The summed E-state index contributed by atoms with van der Waals surface area (Å²) in [4.78, 5) is 9.26. The smallest absolute Gasteiger partial charge is 0.165 e. The van der Waals surface area contributed by atoms with Crippen molar-refractivity contribution in [2.45, 2.75) is 76.6 Å². The zero-order valence-electron chi connectivity index (χ0n) is 28.9. The molecule has 0 saturated heterocycles. The van der Waals surface area contributed by atoms with Crippen LogP contribution < -0.4 is 4.40 Å². The number of benzene rings is 3. The van der Waals surface area contributed by atoms with Crippen molar-refractivity contribution in [3.8, 4) is 22.5 Å². The molecule has 1 saturated carbocycles. The summed E-state index contributed by atoms with van der Waals surface area (Å²) in [6.45, 7) is 6.92. The summed E-state index contributed by atoms with van der Waals surface area (Å²) in [7, 11) is 0. The Kier molecular flexibility index (Phi) is 11.4. The molecule has 3 aromatic carbocycles. The maximum Gasteiger partial charge on any atom is 0.165 e. The van der Waals surface area contributed by atoms with Gasteiger partial charge in [0.25, 0.3) is 0 Å². The number of para-hydroxylation sites is 1. The van der Waals surface area contributed by atoms with Gasteiger partial charge in [0.15, 0.2) is 11.4 Å². The van der Waals surface area contributed by atoms with Crippen molar-refractivity contribution in [2.24, 2.45) is 11.3 Å². The number of hydrogen-bond acceptors (Lipinski definition) is 3. The van der Waals surface area contributed by atoms with Crippen LogP contribution in [0.2, 0.25) is 17.3 Å². The molecule has 0 amide bonds. The molecule has 6 aromatic rings. The van der Waals surface area contributed by atoms with Crippen LogP contribution in [0.5, 0.6) is 0 Å². The van der Waals surface area contributed by atoms with Crippen LogP contribution in [-0.2, 0) is 32.9 Å². The molecule has 3 aromatic heterocycles. The van der Waals surface area contributed by atoms with Gasteiger partial charge in [-0.05, 0) is 30.2 Å². The fourth-order valence-corrected chi connectivity index (χ4v) is 10.0. The Morgan fingerprint density at radius 3 is 2.35 bits per heavy atom. The zero-order chi connectivity index (χ0) is 33.2. The van der Waals surface area contributed by atoms with Gasteiger partial charge >= 0.3 is 132 Å². The summed E-state index contributed by atoms with van der Waals surface area (Å²) < 4.78 is 21.2. The minimum absolute atomic E-state index is 0. The zero-order valence-corrected chi connectivity index (χ0v) is 33.4. The van der Waals surface area contributed by atoms with Crippen LogP contribution in [0.4, 0.5) is 4.39 Å². The van der Waals surface area contributed by atoms with Crippen LogP contribution in [0.3, 0.4) is 0 Å². The SMILES string of the molecule is CC(C)(C)Cc1cc(-c2[c-]cccc2)nc[c]1[Ge]([CH3])([CH3])[CH3].Fc1cccc2c1oc1c[c-]c(-c3cc(CC4CCCC4)ccn3)cc12.[Ir]. The van der Waals surface area contributed by atoms with Gasteiger partial charge < -0.3 is 9.40 Å². The molecule has 6 heteroatoms. The van der Waals surface area contributed by atoms with Crippen LogP contribution in [0, 0.1) is 29.3 Å². The van der Waals surface area contributed by atoms with Crippen LogP contribution in [0.25, 0.3) is 44.5 Å². The van der Waals surface area contributed by atoms with Gasteiger partial charge in [0.1, 0.15) is 0 Å². The average Bonchev–Trinajstić information content (AvgIpc) is 3.69. The van der Waals surface area contributed by atoms with Gasteiger partial charge in [0, 0.05) is 31.7 Å². The first-order valence-corrected chi connectivity index (χ1v) is 24.2. The number of nitrogens with zero attached hydrogens (tertiary/aromatic N) is 2. The summed E-state index contributed by atoms with van der Waals surface area (Å²) >= 11 is -1.90. The standard InChI is InChI=1S/C23H19FNO.C19H26GeN.Ir/c24-20-7-3-6-18-19-14-17(8-9-22(19)26-23(18)20)21-13-16(10-11-25-21)12-15-4-1-2-5-15;1-19(2,3)13-16-12-18(15-10-8-7-9-11-15)21-14-17(16)20(4,5)6;/h3,6-7,9-11,13-15H,1-2,4-5,12H2;7-10,12,14H,13H2,1-6H3;/q2*-1;. The van der Waals surface area contributed by atoms with Crippen LogP contribution in [0.15, 0.2) is 89.6 Å². The third-order valence-electron chi connectivity index (χ3n) is 8.98. The van der Waals surface area contributed by atoms with Gasteiger partial charge in [0.05, 0.1) is 5.58 Å². The van der Waals surface area contributed by atoms with Gasteiger partial charge in [-0.3, -0.25) is 0 Å². The molecule has 3 nitrogen and oxygen atoms in total. The number of aromatic nitrogens is 2. The van der Waals surface area contributed by atoms with E-state index >= 15 is 0 Å². The summed E-state index contributed by atoms with van der Waals surface area (Å²) in [5, 5.41) is 1.69. The number of rotatable bonds is 6. The number of hydrogen-bond donors (Lipinski definition) is 0. The van der Waals surface area contributed by atoms with E-state index in [1.54, 1.807) is 12.1 Å². The topological polar surface area (TPSA) is 38.9 Å². The predicted octanol–water partition coefficient (Wildman–Crippen LogP) is 11.0. The van der Waals surface area contributed by atoms with Crippen molar-refractivity contribution in [3.05, 3.63) is 114 Å². The predicted molar refractivity (Wildman–Crippen MR) is 196 cm³/mol. The van der Waals surface area contributed by atoms with E-state index in [9.17, 15) is 4.39 Å². The second-order valence-electron chi connectivity index (χ2n) is 15.2. The van der Waals surface area contributed by atoms with Gasteiger partial charge in [0.2, 0.25) is 0 Å². The van der Waals surface area contributed by atoms with E-state index in [1.807, 2.05) is 36.5 Å². The van der Waals surface area contributed by atoms with E-state index in [4.69, 9.17) is 9.40 Å². The van der Waals surface area contributed by atoms with Crippen LogP contribution in [0.1, 0.15) is 57.6 Å². The van der Waals surface area contributed by atoms with Crippen molar-refractivity contribution in [1.82, 2.24) is 9.97 Å². The summed E-state index contributed by atoms with van der Waals surface area (Å²) in [6, 6.07) is 30.0. The van der Waals surface area contributed by atoms with Crippen LogP contribution in [-0.4, -0.2) is 23.2 Å². The fraction of sp³-hybridized carbons (Fsp3) is 0.333. The monoisotopic (exact) mass is 879 g/mol.